The molecule has 1 N–H and O–H groups in total. The van der Waals surface area contributed by atoms with Crippen LogP contribution in [0.3, 0.4) is 0 Å². The van der Waals surface area contributed by atoms with Gasteiger partial charge in [0, 0.05) is 12.1 Å². The van der Waals surface area contributed by atoms with E-state index in [1.807, 2.05) is 26.0 Å². The molecule has 1 amide bonds. The van der Waals surface area contributed by atoms with Gasteiger partial charge in [0.2, 0.25) is 5.91 Å². The first-order valence-corrected chi connectivity index (χ1v) is 9.70. The van der Waals surface area contributed by atoms with Crippen molar-refractivity contribution in [3.63, 3.8) is 0 Å². The van der Waals surface area contributed by atoms with Crippen LogP contribution in [-0.4, -0.2) is 27.2 Å². The number of anilines is 1. The van der Waals surface area contributed by atoms with Gasteiger partial charge in [-0.05, 0) is 49.2 Å². The highest BCUT2D eigenvalue weighted by atomic mass is 35.5. The Hall–Kier alpha value is -2.05. The number of rotatable bonds is 6. The van der Waals surface area contributed by atoms with Crippen LogP contribution >= 0.6 is 11.6 Å². The number of hydrogen-bond acceptors (Lipinski definition) is 4. The third-order valence-electron chi connectivity index (χ3n) is 3.96. The zero-order valence-corrected chi connectivity index (χ0v) is 15.9. The molecule has 0 aliphatic rings. The second-order valence-corrected chi connectivity index (χ2v) is 8.18. The molecule has 0 heterocycles. The van der Waals surface area contributed by atoms with Crippen molar-refractivity contribution in [3.05, 3.63) is 52.5 Å². The standard InChI is InChI=1S/C18H20ClNO4S/c1-12-5-4-6-16(13(12)2)20-18(21)9-10-25(22,23)14-7-8-17(24-3)15(19)11-14/h4-8,11H,9-10H2,1-3H3,(H,20,21). The summed E-state index contributed by atoms with van der Waals surface area (Å²) in [5, 5.41) is 2.97. The molecule has 0 radical (unpaired) electrons. The zero-order chi connectivity index (χ0) is 18.6. The van der Waals surface area contributed by atoms with E-state index in [1.54, 1.807) is 6.07 Å². The van der Waals surface area contributed by atoms with Gasteiger partial charge in [-0.1, -0.05) is 23.7 Å². The van der Waals surface area contributed by atoms with E-state index in [0.29, 0.717) is 11.4 Å². The van der Waals surface area contributed by atoms with Gasteiger partial charge < -0.3 is 10.1 Å². The average molecular weight is 382 g/mol. The van der Waals surface area contributed by atoms with Crippen molar-refractivity contribution >= 4 is 33.0 Å². The third kappa shape index (κ3) is 4.74. The van der Waals surface area contributed by atoms with Gasteiger partial charge in [0.05, 0.1) is 22.8 Å². The molecule has 0 aromatic heterocycles. The summed E-state index contributed by atoms with van der Waals surface area (Å²) in [5.41, 5.74) is 2.70. The summed E-state index contributed by atoms with van der Waals surface area (Å²) in [5.74, 6) is -0.253. The molecule has 0 saturated carbocycles. The number of nitrogens with one attached hydrogen (secondary N) is 1. The molecule has 2 rings (SSSR count). The molecule has 134 valence electrons. The zero-order valence-electron chi connectivity index (χ0n) is 14.3. The lowest BCUT2D eigenvalue weighted by Gasteiger charge is -2.11. The molecule has 0 bridgehead atoms. The van der Waals surface area contributed by atoms with Crippen LogP contribution in [0.2, 0.25) is 5.02 Å². The molecule has 0 fully saturated rings. The first-order valence-electron chi connectivity index (χ1n) is 7.67. The minimum Gasteiger partial charge on any atom is -0.495 e. The predicted octanol–water partition coefficient (Wildman–Crippen LogP) is 3.77. The van der Waals surface area contributed by atoms with Gasteiger partial charge in [0.1, 0.15) is 5.75 Å². The Morgan fingerprint density at radius 2 is 1.92 bits per heavy atom. The fourth-order valence-electron chi connectivity index (χ4n) is 2.28. The Kier molecular flexibility index (Phi) is 6.08. The second kappa shape index (κ2) is 7.89. The third-order valence-corrected chi connectivity index (χ3v) is 5.97. The molecule has 0 saturated heterocycles. The number of methoxy groups -OCH3 is 1. The van der Waals surface area contributed by atoms with Gasteiger partial charge in [-0.3, -0.25) is 4.79 Å². The number of ether oxygens (including phenoxy) is 1. The van der Waals surface area contributed by atoms with E-state index < -0.39 is 9.84 Å². The highest BCUT2D eigenvalue weighted by Gasteiger charge is 2.18. The predicted molar refractivity (Wildman–Crippen MR) is 99.2 cm³/mol. The second-order valence-electron chi connectivity index (χ2n) is 5.66. The van der Waals surface area contributed by atoms with Gasteiger partial charge >= 0.3 is 0 Å². The van der Waals surface area contributed by atoms with Gasteiger partial charge in [-0.2, -0.15) is 0 Å². The number of aryl methyl sites for hydroxylation is 1. The van der Waals surface area contributed by atoms with Crippen LogP contribution in [0, 0.1) is 13.8 Å². The van der Waals surface area contributed by atoms with Gasteiger partial charge in [-0.25, -0.2) is 8.42 Å². The molecule has 0 spiro atoms. The van der Waals surface area contributed by atoms with Gasteiger partial charge in [-0.15, -0.1) is 0 Å². The molecule has 0 unspecified atom stereocenters. The van der Waals surface area contributed by atoms with Crippen molar-refractivity contribution in [2.45, 2.75) is 25.2 Å². The Bertz CT molecular complexity index is 894. The first kappa shape index (κ1) is 19.3. The molecule has 25 heavy (non-hydrogen) atoms. The molecule has 0 aliphatic heterocycles. The fourth-order valence-corrected chi connectivity index (χ4v) is 3.87. The van der Waals surface area contributed by atoms with Crippen LogP contribution in [0.15, 0.2) is 41.3 Å². The minimum atomic E-state index is -3.61. The SMILES string of the molecule is COc1ccc(S(=O)(=O)CCC(=O)Nc2cccc(C)c2C)cc1Cl. The summed E-state index contributed by atoms with van der Waals surface area (Å²) in [4.78, 5) is 12.2. The maximum absolute atomic E-state index is 12.4. The molecular formula is C18H20ClNO4S. The molecule has 0 aliphatic carbocycles. The Morgan fingerprint density at radius 1 is 1.20 bits per heavy atom. The lowest BCUT2D eigenvalue weighted by Crippen LogP contribution is -2.18. The largest absolute Gasteiger partial charge is 0.495 e. The van der Waals surface area contributed by atoms with E-state index in [1.165, 1.54) is 25.3 Å². The summed E-state index contributed by atoms with van der Waals surface area (Å²) in [6, 6.07) is 9.82. The van der Waals surface area contributed by atoms with E-state index in [2.05, 4.69) is 5.32 Å². The number of carbonyl (C=O) groups is 1. The Labute approximate surface area is 152 Å². The Balaban J connectivity index is 2.05. The smallest absolute Gasteiger partial charge is 0.225 e. The molecule has 2 aromatic carbocycles. The van der Waals surface area contributed by atoms with Crippen molar-refractivity contribution in [2.24, 2.45) is 0 Å². The van der Waals surface area contributed by atoms with Crippen LogP contribution in [-0.2, 0) is 14.6 Å². The fraction of sp³-hybridized carbons (Fsp3) is 0.278. The maximum atomic E-state index is 12.4. The van der Waals surface area contributed by atoms with E-state index >= 15 is 0 Å². The van der Waals surface area contributed by atoms with Crippen molar-refractivity contribution in [1.29, 1.82) is 0 Å². The van der Waals surface area contributed by atoms with Crippen LogP contribution in [0.5, 0.6) is 5.75 Å². The first-order chi connectivity index (χ1) is 11.7. The quantitative estimate of drug-likeness (QED) is 0.826. The van der Waals surface area contributed by atoms with Crippen LogP contribution < -0.4 is 10.1 Å². The van der Waals surface area contributed by atoms with Gasteiger partial charge in [0.15, 0.2) is 9.84 Å². The summed E-state index contributed by atoms with van der Waals surface area (Å²) in [7, 11) is -2.16. The average Bonchev–Trinajstić information content (AvgIpc) is 2.57. The van der Waals surface area contributed by atoms with Crippen molar-refractivity contribution in [2.75, 3.05) is 18.2 Å². The monoisotopic (exact) mass is 381 g/mol. The van der Waals surface area contributed by atoms with E-state index in [4.69, 9.17) is 16.3 Å². The van der Waals surface area contributed by atoms with Crippen LogP contribution in [0.25, 0.3) is 0 Å². The highest BCUT2D eigenvalue weighted by Crippen LogP contribution is 2.27. The molecule has 0 atom stereocenters. The molecule has 7 heteroatoms. The van der Waals surface area contributed by atoms with Gasteiger partial charge in [0.25, 0.3) is 0 Å². The highest BCUT2D eigenvalue weighted by molar-refractivity contribution is 7.91. The molecular weight excluding hydrogens is 362 g/mol. The summed E-state index contributed by atoms with van der Waals surface area (Å²) in [6.45, 7) is 3.85. The van der Waals surface area contributed by atoms with Crippen molar-refractivity contribution < 1.29 is 17.9 Å². The maximum Gasteiger partial charge on any atom is 0.225 e. The number of carbonyl (C=O) groups excluding carboxylic acids is 1. The molecule has 2 aromatic rings. The summed E-state index contributed by atoms with van der Waals surface area (Å²) in [6.07, 6.45) is -0.140. The number of benzene rings is 2. The van der Waals surface area contributed by atoms with Crippen LogP contribution in [0.4, 0.5) is 5.69 Å². The summed E-state index contributed by atoms with van der Waals surface area (Å²) >= 11 is 5.97. The summed E-state index contributed by atoms with van der Waals surface area (Å²) < 4.78 is 29.8. The lowest BCUT2D eigenvalue weighted by molar-refractivity contribution is -0.115. The minimum absolute atomic E-state index is 0.0674. The van der Waals surface area contributed by atoms with E-state index in [-0.39, 0.29) is 28.0 Å². The normalized spacial score (nSPS) is 11.2. The van der Waals surface area contributed by atoms with E-state index in [9.17, 15) is 13.2 Å². The van der Waals surface area contributed by atoms with Crippen molar-refractivity contribution in [1.82, 2.24) is 0 Å². The molecule has 5 nitrogen and oxygen atoms in total. The number of halogens is 1. The number of amides is 1. The topological polar surface area (TPSA) is 72.5 Å². The lowest BCUT2D eigenvalue weighted by atomic mass is 10.1. The number of hydrogen-bond donors (Lipinski definition) is 1. The number of sulfone groups is 1. The van der Waals surface area contributed by atoms with Crippen molar-refractivity contribution in [3.8, 4) is 5.75 Å². The van der Waals surface area contributed by atoms with E-state index in [0.717, 1.165) is 11.1 Å². The van der Waals surface area contributed by atoms with Crippen LogP contribution in [0.1, 0.15) is 17.5 Å². The Morgan fingerprint density at radius 3 is 2.56 bits per heavy atom.